The van der Waals surface area contributed by atoms with Crippen molar-refractivity contribution in [1.29, 1.82) is 0 Å². The molecule has 0 spiro atoms. The summed E-state index contributed by atoms with van der Waals surface area (Å²) < 4.78 is 12.5. The molecule has 6 nitrogen and oxygen atoms in total. The van der Waals surface area contributed by atoms with E-state index in [0.717, 1.165) is 11.3 Å². The Balaban J connectivity index is 1.58. The Kier molecular flexibility index (Phi) is 6.36. The topological polar surface area (TPSA) is 66.2 Å². The molecule has 1 heterocycles. The zero-order valence-electron chi connectivity index (χ0n) is 14.9. The summed E-state index contributed by atoms with van der Waals surface area (Å²) in [5.41, 5.74) is 0.901. The Morgan fingerprint density at radius 2 is 1.74 bits per heavy atom. The van der Waals surface area contributed by atoms with Gasteiger partial charge in [-0.25, -0.2) is 0 Å². The van der Waals surface area contributed by atoms with Crippen LogP contribution in [-0.4, -0.2) is 33.1 Å². The Labute approximate surface area is 166 Å². The Morgan fingerprint density at radius 3 is 2.41 bits per heavy atom. The number of carbonyl (C=O) groups excluding carboxylic acids is 1. The molecule has 3 aromatic rings. The van der Waals surface area contributed by atoms with Gasteiger partial charge in [0.15, 0.2) is 11.0 Å². The van der Waals surface area contributed by atoms with Gasteiger partial charge < -0.3 is 14.0 Å². The van der Waals surface area contributed by atoms with Crippen LogP contribution in [0, 0.1) is 0 Å². The lowest BCUT2D eigenvalue weighted by molar-refractivity contribution is -0.131. The fourth-order valence-corrected chi connectivity index (χ4v) is 3.16. The van der Waals surface area contributed by atoms with Gasteiger partial charge in [-0.05, 0) is 55.5 Å². The van der Waals surface area contributed by atoms with E-state index in [4.69, 9.17) is 21.1 Å². The van der Waals surface area contributed by atoms with Crippen LogP contribution in [0.2, 0.25) is 5.02 Å². The molecule has 27 heavy (non-hydrogen) atoms. The summed E-state index contributed by atoms with van der Waals surface area (Å²) in [6.45, 7) is 2.50. The van der Waals surface area contributed by atoms with Crippen molar-refractivity contribution >= 4 is 29.3 Å². The number of hydrogen-bond donors (Lipinski definition) is 0. The van der Waals surface area contributed by atoms with Crippen molar-refractivity contribution in [3.63, 3.8) is 0 Å². The summed E-state index contributed by atoms with van der Waals surface area (Å²) in [5.74, 6) is 1.68. The molecule has 0 aliphatic heterocycles. The van der Waals surface area contributed by atoms with Gasteiger partial charge in [0, 0.05) is 17.6 Å². The average molecular weight is 404 g/mol. The minimum absolute atomic E-state index is 0.125. The van der Waals surface area contributed by atoms with Crippen molar-refractivity contribution in [3.05, 3.63) is 53.6 Å². The zero-order chi connectivity index (χ0) is 19.2. The minimum Gasteiger partial charge on any atom is -0.494 e. The van der Waals surface area contributed by atoms with E-state index in [1.807, 2.05) is 30.7 Å². The molecular weight excluding hydrogens is 386 g/mol. The largest absolute Gasteiger partial charge is 0.494 e. The van der Waals surface area contributed by atoms with Crippen molar-refractivity contribution in [2.24, 2.45) is 7.05 Å². The molecule has 0 N–H and O–H groups in total. The van der Waals surface area contributed by atoms with Crippen LogP contribution >= 0.6 is 23.4 Å². The first-order valence-electron chi connectivity index (χ1n) is 8.28. The van der Waals surface area contributed by atoms with E-state index in [9.17, 15) is 4.79 Å². The summed E-state index contributed by atoms with van der Waals surface area (Å²) >= 11 is 7.18. The third-order valence-corrected chi connectivity index (χ3v) is 4.87. The smallest absolute Gasteiger partial charge is 0.321 e. The van der Waals surface area contributed by atoms with Gasteiger partial charge in [0.1, 0.15) is 11.5 Å². The van der Waals surface area contributed by atoms with Gasteiger partial charge in [0.05, 0.1) is 12.4 Å². The molecule has 0 atom stereocenters. The van der Waals surface area contributed by atoms with Crippen LogP contribution in [0.4, 0.5) is 0 Å². The van der Waals surface area contributed by atoms with E-state index in [-0.39, 0.29) is 11.7 Å². The third kappa shape index (κ3) is 5.02. The second kappa shape index (κ2) is 8.92. The first-order valence-corrected chi connectivity index (χ1v) is 9.65. The summed E-state index contributed by atoms with van der Waals surface area (Å²) in [6.07, 6.45) is 0. The molecule has 0 unspecified atom stereocenters. The summed E-state index contributed by atoms with van der Waals surface area (Å²) in [6, 6.07) is 14.3. The number of nitrogens with zero attached hydrogens (tertiary/aromatic N) is 3. The van der Waals surface area contributed by atoms with Gasteiger partial charge in [-0.2, -0.15) is 0 Å². The lowest BCUT2D eigenvalue weighted by Crippen LogP contribution is -2.11. The summed E-state index contributed by atoms with van der Waals surface area (Å²) in [5, 5.41) is 9.62. The molecule has 2 aromatic carbocycles. The zero-order valence-corrected chi connectivity index (χ0v) is 16.5. The highest BCUT2D eigenvalue weighted by molar-refractivity contribution is 7.99. The minimum atomic E-state index is -0.361. The second-order valence-corrected chi connectivity index (χ2v) is 6.92. The Hall–Kier alpha value is -2.51. The van der Waals surface area contributed by atoms with Crippen molar-refractivity contribution in [2.75, 3.05) is 12.4 Å². The number of carbonyl (C=O) groups is 1. The van der Waals surface area contributed by atoms with E-state index in [0.29, 0.717) is 28.4 Å². The first-order chi connectivity index (χ1) is 13.1. The van der Waals surface area contributed by atoms with Gasteiger partial charge in [0.25, 0.3) is 0 Å². The predicted molar refractivity (Wildman–Crippen MR) is 105 cm³/mol. The maximum Gasteiger partial charge on any atom is 0.321 e. The molecule has 0 radical (unpaired) electrons. The molecule has 0 fully saturated rings. The van der Waals surface area contributed by atoms with E-state index in [1.54, 1.807) is 36.4 Å². The van der Waals surface area contributed by atoms with Crippen molar-refractivity contribution in [1.82, 2.24) is 14.8 Å². The van der Waals surface area contributed by atoms with Gasteiger partial charge in [-0.15, -0.1) is 10.2 Å². The molecule has 0 aliphatic rings. The van der Waals surface area contributed by atoms with Crippen molar-refractivity contribution in [2.45, 2.75) is 12.1 Å². The molecule has 1 aromatic heterocycles. The number of rotatable bonds is 7. The van der Waals surface area contributed by atoms with E-state index in [1.165, 1.54) is 11.8 Å². The van der Waals surface area contributed by atoms with E-state index < -0.39 is 0 Å². The molecule has 3 rings (SSSR count). The van der Waals surface area contributed by atoms with Gasteiger partial charge in [-0.1, -0.05) is 23.4 Å². The van der Waals surface area contributed by atoms with Gasteiger partial charge >= 0.3 is 5.97 Å². The van der Waals surface area contributed by atoms with Crippen LogP contribution in [-0.2, 0) is 11.8 Å². The quantitative estimate of drug-likeness (QED) is 0.334. The van der Waals surface area contributed by atoms with Crippen molar-refractivity contribution in [3.8, 4) is 22.9 Å². The van der Waals surface area contributed by atoms with E-state index in [2.05, 4.69) is 10.2 Å². The van der Waals surface area contributed by atoms with Gasteiger partial charge in [-0.3, -0.25) is 4.79 Å². The standard InChI is InChI=1S/C19H18ClN3O3S/c1-3-25-15-8-10-16(11-9-15)26-17(24)12-27-19-22-21-18(23(19)2)13-4-6-14(20)7-5-13/h4-11H,3,12H2,1-2H3. The van der Waals surface area contributed by atoms with Crippen molar-refractivity contribution < 1.29 is 14.3 Å². The van der Waals surface area contributed by atoms with Crippen LogP contribution in [0.5, 0.6) is 11.5 Å². The number of hydrogen-bond acceptors (Lipinski definition) is 6. The first kappa shape index (κ1) is 19.3. The second-order valence-electron chi connectivity index (χ2n) is 5.54. The van der Waals surface area contributed by atoms with Crippen LogP contribution in [0.15, 0.2) is 53.7 Å². The number of aromatic nitrogens is 3. The third-order valence-electron chi connectivity index (χ3n) is 3.62. The molecule has 0 amide bonds. The monoisotopic (exact) mass is 403 g/mol. The Morgan fingerprint density at radius 1 is 1.07 bits per heavy atom. The highest BCUT2D eigenvalue weighted by Crippen LogP contribution is 2.24. The maximum atomic E-state index is 12.1. The molecule has 0 bridgehead atoms. The predicted octanol–water partition coefficient (Wildman–Crippen LogP) is 4.23. The normalized spacial score (nSPS) is 10.6. The molecule has 0 saturated carbocycles. The average Bonchev–Trinajstić information content (AvgIpc) is 3.03. The summed E-state index contributed by atoms with van der Waals surface area (Å²) in [7, 11) is 1.85. The van der Waals surface area contributed by atoms with Gasteiger partial charge in [0.2, 0.25) is 0 Å². The van der Waals surface area contributed by atoms with Crippen LogP contribution < -0.4 is 9.47 Å². The summed E-state index contributed by atoms with van der Waals surface area (Å²) in [4.78, 5) is 12.1. The number of benzene rings is 2. The maximum absolute atomic E-state index is 12.1. The lowest BCUT2D eigenvalue weighted by Gasteiger charge is -2.06. The SMILES string of the molecule is CCOc1ccc(OC(=O)CSc2nnc(-c3ccc(Cl)cc3)n2C)cc1. The molecular formula is C19H18ClN3O3S. The number of ether oxygens (including phenoxy) is 2. The number of esters is 1. The van der Waals surface area contributed by atoms with E-state index >= 15 is 0 Å². The molecule has 0 aliphatic carbocycles. The van der Waals surface area contributed by atoms with Crippen LogP contribution in [0.25, 0.3) is 11.4 Å². The fraction of sp³-hybridized carbons (Fsp3) is 0.211. The molecule has 8 heteroatoms. The van der Waals surface area contributed by atoms with Crippen LogP contribution in [0.1, 0.15) is 6.92 Å². The fourth-order valence-electron chi connectivity index (χ4n) is 2.35. The highest BCUT2D eigenvalue weighted by atomic mass is 35.5. The van der Waals surface area contributed by atoms with Crippen LogP contribution in [0.3, 0.4) is 0 Å². The Bertz CT molecular complexity index is 911. The number of thioether (sulfide) groups is 1. The molecule has 140 valence electrons. The lowest BCUT2D eigenvalue weighted by atomic mass is 10.2. The molecule has 0 saturated heterocycles. The highest BCUT2D eigenvalue weighted by Gasteiger charge is 2.14. The number of halogens is 1.